The van der Waals surface area contributed by atoms with E-state index in [1.165, 1.54) is 11.8 Å². The Balaban J connectivity index is 1.52. The van der Waals surface area contributed by atoms with Gasteiger partial charge in [0.05, 0.1) is 32.8 Å². The maximum atomic E-state index is 12.6. The summed E-state index contributed by atoms with van der Waals surface area (Å²) in [6.45, 7) is 1.83. The molecule has 0 saturated carbocycles. The van der Waals surface area contributed by atoms with Crippen molar-refractivity contribution < 1.29 is 19.0 Å². The zero-order chi connectivity index (χ0) is 26.2. The molecular formula is C27H27N5O4S. The lowest BCUT2D eigenvalue weighted by Gasteiger charge is -2.11. The molecule has 1 amide bonds. The molecule has 3 aromatic carbocycles. The second-order valence-corrected chi connectivity index (χ2v) is 8.76. The molecule has 0 fully saturated rings. The lowest BCUT2D eigenvalue weighted by Crippen LogP contribution is -2.21. The van der Waals surface area contributed by atoms with Gasteiger partial charge in [-0.15, -0.1) is 10.2 Å². The van der Waals surface area contributed by atoms with E-state index in [1.54, 1.807) is 21.3 Å². The number of nitrogens with one attached hydrogen (secondary N) is 1. The lowest BCUT2D eigenvalue weighted by molar-refractivity contribution is -0.118. The van der Waals surface area contributed by atoms with Gasteiger partial charge in [-0.2, -0.15) is 5.10 Å². The van der Waals surface area contributed by atoms with Crippen LogP contribution in [0.25, 0.3) is 17.1 Å². The van der Waals surface area contributed by atoms with Gasteiger partial charge in [-0.05, 0) is 85.3 Å². The van der Waals surface area contributed by atoms with Crippen molar-refractivity contribution in [1.82, 2.24) is 20.2 Å². The third-order valence-corrected chi connectivity index (χ3v) is 6.43. The van der Waals surface area contributed by atoms with Crippen molar-refractivity contribution in [3.63, 3.8) is 0 Å². The third-order valence-electron chi connectivity index (χ3n) is 5.50. The quantitative estimate of drug-likeness (QED) is 0.187. The van der Waals surface area contributed by atoms with Gasteiger partial charge in [-0.3, -0.25) is 9.36 Å². The number of aromatic nitrogens is 3. The molecule has 1 heterocycles. The van der Waals surface area contributed by atoms with Gasteiger partial charge >= 0.3 is 0 Å². The van der Waals surface area contributed by atoms with E-state index >= 15 is 0 Å². The van der Waals surface area contributed by atoms with Crippen molar-refractivity contribution in [1.29, 1.82) is 0 Å². The fourth-order valence-corrected chi connectivity index (χ4v) is 4.20. The van der Waals surface area contributed by atoms with Gasteiger partial charge in [0.15, 0.2) is 11.0 Å². The van der Waals surface area contributed by atoms with E-state index in [0.29, 0.717) is 16.7 Å². The molecule has 9 nitrogen and oxygen atoms in total. The van der Waals surface area contributed by atoms with Crippen molar-refractivity contribution in [3.8, 4) is 34.3 Å². The molecule has 0 radical (unpaired) electrons. The molecule has 0 atom stereocenters. The van der Waals surface area contributed by atoms with E-state index in [4.69, 9.17) is 14.2 Å². The lowest BCUT2D eigenvalue weighted by atomic mass is 10.1. The van der Waals surface area contributed by atoms with E-state index in [0.717, 1.165) is 34.1 Å². The fourth-order valence-electron chi connectivity index (χ4n) is 3.46. The fraction of sp³-hybridized carbons (Fsp3) is 0.185. The van der Waals surface area contributed by atoms with Gasteiger partial charge in [-0.1, -0.05) is 11.8 Å². The minimum absolute atomic E-state index is 0.107. The van der Waals surface area contributed by atoms with E-state index in [-0.39, 0.29) is 11.7 Å². The molecule has 1 N–H and O–H groups in total. The number of carbonyl (C=O) groups excluding carboxylic acids is 1. The number of hydrogen-bond acceptors (Lipinski definition) is 8. The number of thioether (sulfide) groups is 1. The predicted molar refractivity (Wildman–Crippen MR) is 144 cm³/mol. The van der Waals surface area contributed by atoms with Crippen LogP contribution in [0.1, 0.15) is 12.5 Å². The van der Waals surface area contributed by atoms with Crippen molar-refractivity contribution >= 4 is 23.4 Å². The van der Waals surface area contributed by atoms with Crippen LogP contribution in [-0.4, -0.2) is 53.5 Å². The second-order valence-electron chi connectivity index (χ2n) is 7.82. The molecule has 4 aromatic rings. The van der Waals surface area contributed by atoms with E-state index < -0.39 is 0 Å². The molecule has 0 aliphatic carbocycles. The van der Waals surface area contributed by atoms with Crippen LogP contribution in [-0.2, 0) is 4.79 Å². The summed E-state index contributed by atoms with van der Waals surface area (Å²) in [5, 5.41) is 13.6. The number of hydrazone groups is 1. The zero-order valence-corrected chi connectivity index (χ0v) is 21.8. The Morgan fingerprint density at radius 2 is 1.38 bits per heavy atom. The highest BCUT2D eigenvalue weighted by atomic mass is 32.2. The van der Waals surface area contributed by atoms with Gasteiger partial charge in [0.2, 0.25) is 0 Å². The first-order chi connectivity index (χ1) is 18.0. The average Bonchev–Trinajstić information content (AvgIpc) is 3.38. The molecule has 10 heteroatoms. The summed E-state index contributed by atoms with van der Waals surface area (Å²) in [6.07, 6.45) is 0. The van der Waals surface area contributed by atoms with Crippen LogP contribution < -0.4 is 19.6 Å². The largest absolute Gasteiger partial charge is 0.497 e. The smallest absolute Gasteiger partial charge is 0.250 e. The van der Waals surface area contributed by atoms with Crippen molar-refractivity contribution in [2.24, 2.45) is 5.10 Å². The maximum absolute atomic E-state index is 12.6. The van der Waals surface area contributed by atoms with Crippen LogP contribution in [0.5, 0.6) is 17.2 Å². The number of benzene rings is 3. The minimum atomic E-state index is -0.256. The minimum Gasteiger partial charge on any atom is -0.497 e. The van der Waals surface area contributed by atoms with E-state index in [2.05, 4.69) is 20.7 Å². The Kier molecular flexibility index (Phi) is 8.42. The van der Waals surface area contributed by atoms with Crippen LogP contribution in [0.3, 0.4) is 0 Å². The molecule has 0 saturated heterocycles. The summed E-state index contributed by atoms with van der Waals surface area (Å²) in [4.78, 5) is 12.6. The van der Waals surface area contributed by atoms with E-state index in [1.807, 2.05) is 84.3 Å². The van der Waals surface area contributed by atoms with Gasteiger partial charge in [-0.25, -0.2) is 5.43 Å². The van der Waals surface area contributed by atoms with Crippen LogP contribution in [0, 0.1) is 0 Å². The van der Waals surface area contributed by atoms with Crippen molar-refractivity contribution in [2.45, 2.75) is 12.1 Å². The van der Waals surface area contributed by atoms with Gasteiger partial charge in [0, 0.05) is 11.3 Å². The average molecular weight is 518 g/mol. The number of amides is 1. The van der Waals surface area contributed by atoms with Crippen molar-refractivity contribution in [2.75, 3.05) is 27.1 Å². The predicted octanol–water partition coefficient (Wildman–Crippen LogP) is 4.59. The maximum Gasteiger partial charge on any atom is 0.250 e. The molecule has 0 aliphatic heterocycles. The molecule has 4 rings (SSSR count). The SMILES string of the molecule is COc1ccc(C(C)=NNC(=O)CSc2nnc(-c3ccc(OC)cc3)n2-c2ccc(OC)cc2)cc1. The molecule has 0 unspecified atom stereocenters. The Hall–Kier alpha value is -4.31. The summed E-state index contributed by atoms with van der Waals surface area (Å²) in [5.41, 5.74) is 5.89. The number of carbonyl (C=O) groups is 1. The Bertz CT molecular complexity index is 1370. The number of methoxy groups -OCH3 is 3. The van der Waals surface area contributed by atoms with Crippen LogP contribution >= 0.6 is 11.8 Å². The van der Waals surface area contributed by atoms with Gasteiger partial charge in [0.25, 0.3) is 5.91 Å². The summed E-state index contributed by atoms with van der Waals surface area (Å²) >= 11 is 1.27. The first kappa shape index (κ1) is 25.8. The Morgan fingerprint density at radius 1 is 0.838 bits per heavy atom. The molecule has 0 bridgehead atoms. The number of nitrogens with zero attached hydrogens (tertiary/aromatic N) is 4. The monoisotopic (exact) mass is 517 g/mol. The number of hydrogen-bond donors (Lipinski definition) is 1. The highest BCUT2D eigenvalue weighted by Gasteiger charge is 2.18. The molecule has 190 valence electrons. The van der Waals surface area contributed by atoms with Crippen LogP contribution in [0.2, 0.25) is 0 Å². The highest BCUT2D eigenvalue weighted by Crippen LogP contribution is 2.29. The van der Waals surface area contributed by atoms with Crippen LogP contribution in [0.4, 0.5) is 0 Å². The number of rotatable bonds is 10. The molecular weight excluding hydrogens is 490 g/mol. The normalized spacial score (nSPS) is 11.2. The first-order valence-corrected chi connectivity index (χ1v) is 12.4. The topological polar surface area (TPSA) is 99.9 Å². The van der Waals surface area contributed by atoms with Crippen LogP contribution in [0.15, 0.2) is 83.1 Å². The Morgan fingerprint density at radius 3 is 1.95 bits per heavy atom. The summed E-state index contributed by atoms with van der Waals surface area (Å²) in [7, 11) is 4.86. The summed E-state index contributed by atoms with van der Waals surface area (Å²) in [5.74, 6) is 2.73. The highest BCUT2D eigenvalue weighted by molar-refractivity contribution is 7.99. The molecule has 0 spiro atoms. The van der Waals surface area contributed by atoms with E-state index in [9.17, 15) is 4.79 Å². The second kappa shape index (κ2) is 12.1. The standard InChI is InChI=1S/C27H27N5O4S/c1-18(19-5-11-22(34-2)12-6-19)28-29-25(33)17-37-27-31-30-26(20-7-13-23(35-3)14-8-20)32(27)21-9-15-24(36-4)16-10-21/h5-16H,17H2,1-4H3,(H,29,33). The molecule has 0 aliphatic rings. The first-order valence-electron chi connectivity index (χ1n) is 11.4. The number of ether oxygens (including phenoxy) is 3. The summed E-state index contributed by atoms with van der Waals surface area (Å²) < 4.78 is 17.7. The van der Waals surface area contributed by atoms with Gasteiger partial charge in [0.1, 0.15) is 17.2 Å². The Labute approximate surface area is 219 Å². The molecule has 1 aromatic heterocycles. The summed E-state index contributed by atoms with van der Waals surface area (Å²) in [6, 6.07) is 22.6. The third kappa shape index (κ3) is 6.28. The zero-order valence-electron chi connectivity index (χ0n) is 21.0. The van der Waals surface area contributed by atoms with Gasteiger partial charge < -0.3 is 14.2 Å². The molecule has 37 heavy (non-hydrogen) atoms. The van der Waals surface area contributed by atoms with Crippen molar-refractivity contribution in [3.05, 3.63) is 78.4 Å².